The lowest BCUT2D eigenvalue weighted by Crippen LogP contribution is -2.25. The molecule has 0 atom stereocenters. The van der Waals surface area contributed by atoms with Crippen LogP contribution in [0.3, 0.4) is 0 Å². The fourth-order valence-corrected chi connectivity index (χ4v) is 3.66. The number of benzene rings is 3. The summed E-state index contributed by atoms with van der Waals surface area (Å²) in [6.07, 6.45) is 1.60. The number of ketones is 1. The summed E-state index contributed by atoms with van der Waals surface area (Å²) in [5, 5.41) is 5.74. The summed E-state index contributed by atoms with van der Waals surface area (Å²) in [5.74, 6) is -1.12. The van der Waals surface area contributed by atoms with Gasteiger partial charge in [0.2, 0.25) is 5.78 Å². The molecule has 5 aromatic rings. The number of rotatable bonds is 5. The van der Waals surface area contributed by atoms with E-state index in [4.69, 9.17) is 4.74 Å². The van der Waals surface area contributed by atoms with E-state index in [2.05, 4.69) is 10.1 Å². The van der Waals surface area contributed by atoms with Crippen LogP contribution in [0.25, 0.3) is 27.4 Å². The molecule has 0 aliphatic rings. The van der Waals surface area contributed by atoms with Gasteiger partial charge < -0.3 is 9.72 Å². The number of nitrogens with one attached hydrogen (secondary N) is 1. The van der Waals surface area contributed by atoms with Crippen molar-refractivity contribution < 1.29 is 14.3 Å². The fourth-order valence-electron chi connectivity index (χ4n) is 3.66. The molecule has 0 amide bonds. The lowest BCUT2D eigenvalue weighted by molar-refractivity contribution is 0.0469. The van der Waals surface area contributed by atoms with Gasteiger partial charge in [-0.25, -0.2) is 4.79 Å². The van der Waals surface area contributed by atoms with E-state index in [1.165, 1.54) is 4.68 Å². The molecule has 0 aliphatic carbocycles. The molecule has 2 heterocycles. The molecule has 5 rings (SSSR count). The molecule has 0 bridgehead atoms. The van der Waals surface area contributed by atoms with Gasteiger partial charge in [0.25, 0.3) is 5.56 Å². The number of carbonyl (C=O) groups excluding carboxylic acids is 2. The molecular formula is C25H17N3O4. The van der Waals surface area contributed by atoms with Crippen LogP contribution in [0, 0.1) is 0 Å². The van der Waals surface area contributed by atoms with Crippen molar-refractivity contribution in [2.45, 2.75) is 0 Å². The molecule has 156 valence electrons. The summed E-state index contributed by atoms with van der Waals surface area (Å²) in [4.78, 5) is 41.6. The van der Waals surface area contributed by atoms with Gasteiger partial charge in [-0.2, -0.15) is 9.78 Å². The smallest absolute Gasteiger partial charge is 0.359 e. The molecule has 7 heteroatoms. The highest BCUT2D eigenvalue weighted by Crippen LogP contribution is 2.19. The first-order chi connectivity index (χ1) is 15.6. The first-order valence-corrected chi connectivity index (χ1v) is 9.97. The Labute approximate surface area is 181 Å². The Hall–Kier alpha value is -4.52. The number of H-pyrrole nitrogens is 1. The Morgan fingerprint density at radius 2 is 1.50 bits per heavy atom. The van der Waals surface area contributed by atoms with Gasteiger partial charge in [-0.15, -0.1) is 0 Å². The Morgan fingerprint density at radius 1 is 0.844 bits per heavy atom. The number of esters is 1. The van der Waals surface area contributed by atoms with Gasteiger partial charge in [-0.3, -0.25) is 9.59 Å². The summed E-state index contributed by atoms with van der Waals surface area (Å²) in [7, 11) is 0. The molecule has 2 aromatic heterocycles. The fraction of sp³-hybridized carbons (Fsp3) is 0.0400. The highest BCUT2D eigenvalue weighted by Gasteiger charge is 2.21. The topological polar surface area (TPSA) is 94.1 Å². The predicted octanol–water partition coefficient (Wildman–Crippen LogP) is 3.91. The quantitative estimate of drug-likeness (QED) is 0.342. The third-order valence-electron chi connectivity index (χ3n) is 5.22. The average Bonchev–Trinajstić information content (AvgIpc) is 3.28. The van der Waals surface area contributed by atoms with Crippen LogP contribution >= 0.6 is 0 Å². The molecule has 32 heavy (non-hydrogen) atoms. The minimum Gasteiger partial charge on any atom is -0.452 e. The summed E-state index contributed by atoms with van der Waals surface area (Å²) in [6.45, 7) is -0.443. The number of aromatic nitrogens is 3. The first-order valence-electron chi connectivity index (χ1n) is 9.97. The van der Waals surface area contributed by atoms with E-state index >= 15 is 0 Å². The molecule has 1 N–H and O–H groups in total. The number of hydrogen-bond donors (Lipinski definition) is 1. The Balaban J connectivity index is 1.49. The van der Waals surface area contributed by atoms with Crippen molar-refractivity contribution in [1.82, 2.24) is 14.8 Å². The van der Waals surface area contributed by atoms with E-state index in [1.807, 2.05) is 30.3 Å². The van der Waals surface area contributed by atoms with Crippen LogP contribution in [0.5, 0.6) is 0 Å². The SMILES string of the molecule is O=C(COC(=O)c1nn(-c2ccccc2)c(=O)c2ccccc12)c1c[nH]c2ccccc12. The number of nitrogens with zero attached hydrogens (tertiary/aromatic N) is 2. The number of ether oxygens (including phenoxy) is 1. The number of carbonyl (C=O) groups is 2. The van der Waals surface area contributed by atoms with Crippen molar-refractivity contribution in [3.8, 4) is 5.69 Å². The maximum atomic E-state index is 12.9. The van der Waals surface area contributed by atoms with Gasteiger partial charge in [0, 0.05) is 28.0 Å². The monoisotopic (exact) mass is 423 g/mol. The van der Waals surface area contributed by atoms with Crippen LogP contribution in [0.4, 0.5) is 0 Å². The maximum Gasteiger partial charge on any atom is 0.359 e. The number of para-hydroxylation sites is 2. The molecule has 7 nitrogen and oxygen atoms in total. The Bertz CT molecular complexity index is 1530. The van der Waals surface area contributed by atoms with Crippen LogP contribution in [0.2, 0.25) is 0 Å². The van der Waals surface area contributed by atoms with Crippen molar-refractivity contribution in [3.63, 3.8) is 0 Å². The van der Waals surface area contributed by atoms with Crippen LogP contribution in [-0.2, 0) is 4.74 Å². The molecule has 0 saturated carbocycles. The van der Waals surface area contributed by atoms with Crippen molar-refractivity contribution in [1.29, 1.82) is 0 Å². The molecule has 0 fully saturated rings. The Kier molecular flexibility index (Phi) is 4.84. The molecule has 3 aromatic carbocycles. The predicted molar refractivity (Wildman–Crippen MR) is 120 cm³/mol. The maximum absolute atomic E-state index is 12.9. The number of hydrogen-bond acceptors (Lipinski definition) is 5. The van der Waals surface area contributed by atoms with Crippen molar-refractivity contribution in [2.24, 2.45) is 0 Å². The zero-order valence-corrected chi connectivity index (χ0v) is 16.8. The van der Waals surface area contributed by atoms with Gasteiger partial charge in [0.1, 0.15) is 0 Å². The van der Waals surface area contributed by atoms with Crippen LogP contribution in [-0.4, -0.2) is 33.1 Å². The number of fused-ring (bicyclic) bond motifs is 2. The number of aromatic amines is 1. The summed E-state index contributed by atoms with van der Waals surface area (Å²) < 4.78 is 6.49. The third kappa shape index (κ3) is 3.35. The van der Waals surface area contributed by atoms with Gasteiger partial charge >= 0.3 is 5.97 Å². The van der Waals surface area contributed by atoms with E-state index in [-0.39, 0.29) is 17.0 Å². The first kappa shape index (κ1) is 19.4. The minimum atomic E-state index is -0.779. The van der Waals surface area contributed by atoms with Crippen molar-refractivity contribution in [2.75, 3.05) is 6.61 Å². The standard InChI is InChI=1S/C25H17N3O4/c29-22(20-14-26-21-13-7-6-10-17(20)21)15-32-25(31)23-18-11-4-5-12-19(18)24(30)28(27-23)16-8-2-1-3-9-16/h1-14,26H,15H2. The van der Waals surface area contributed by atoms with Crippen LogP contribution in [0.15, 0.2) is 89.9 Å². The normalized spacial score (nSPS) is 11.0. The summed E-state index contributed by atoms with van der Waals surface area (Å²) in [5.41, 5.74) is 1.41. The largest absolute Gasteiger partial charge is 0.452 e. The highest BCUT2D eigenvalue weighted by molar-refractivity contribution is 6.09. The Morgan fingerprint density at radius 3 is 2.28 bits per heavy atom. The molecule has 0 unspecified atom stereocenters. The molecular weight excluding hydrogens is 406 g/mol. The van der Waals surface area contributed by atoms with Crippen LogP contribution < -0.4 is 5.56 Å². The summed E-state index contributed by atoms with van der Waals surface area (Å²) >= 11 is 0. The minimum absolute atomic E-state index is 0.0317. The van der Waals surface area contributed by atoms with E-state index in [9.17, 15) is 14.4 Å². The lowest BCUT2D eigenvalue weighted by atomic mass is 10.1. The second kappa shape index (κ2) is 7.96. The van der Waals surface area contributed by atoms with Gasteiger partial charge in [-0.05, 0) is 24.3 Å². The molecule has 0 aliphatic heterocycles. The second-order valence-electron chi connectivity index (χ2n) is 7.19. The molecule has 0 spiro atoms. The van der Waals surface area contributed by atoms with Crippen molar-refractivity contribution >= 4 is 33.4 Å². The van der Waals surface area contributed by atoms with Gasteiger partial charge in [0.15, 0.2) is 12.3 Å². The number of Topliss-reactive ketones (excluding diaryl/α,β-unsaturated/α-hetero) is 1. The summed E-state index contributed by atoms with van der Waals surface area (Å²) in [6, 6.07) is 22.9. The highest BCUT2D eigenvalue weighted by atomic mass is 16.5. The molecule has 0 saturated heterocycles. The zero-order valence-electron chi connectivity index (χ0n) is 16.8. The van der Waals surface area contributed by atoms with Crippen molar-refractivity contribution in [3.05, 3.63) is 107 Å². The lowest BCUT2D eigenvalue weighted by Gasteiger charge is -2.10. The van der Waals surface area contributed by atoms with Crippen LogP contribution in [0.1, 0.15) is 20.8 Å². The van der Waals surface area contributed by atoms with Gasteiger partial charge in [0.05, 0.1) is 11.1 Å². The van der Waals surface area contributed by atoms with E-state index in [0.29, 0.717) is 22.0 Å². The average molecular weight is 423 g/mol. The van der Waals surface area contributed by atoms with E-state index in [0.717, 1.165) is 10.9 Å². The van der Waals surface area contributed by atoms with E-state index in [1.54, 1.807) is 54.7 Å². The third-order valence-corrected chi connectivity index (χ3v) is 5.22. The van der Waals surface area contributed by atoms with Gasteiger partial charge in [-0.1, -0.05) is 54.6 Å². The van der Waals surface area contributed by atoms with E-state index < -0.39 is 12.6 Å². The molecule has 0 radical (unpaired) electrons. The zero-order chi connectivity index (χ0) is 22.1. The second-order valence-corrected chi connectivity index (χ2v) is 7.19.